The van der Waals surface area contributed by atoms with Crippen molar-refractivity contribution in [2.75, 3.05) is 11.9 Å². The van der Waals surface area contributed by atoms with Crippen molar-refractivity contribution in [1.29, 1.82) is 0 Å². The van der Waals surface area contributed by atoms with E-state index >= 15 is 0 Å². The first-order valence-electron chi connectivity index (χ1n) is 9.39. The van der Waals surface area contributed by atoms with Crippen LogP contribution in [-0.4, -0.2) is 18.3 Å². The molecule has 0 atom stereocenters. The molecule has 1 amide bonds. The Morgan fingerprint density at radius 1 is 1.13 bits per heavy atom. The van der Waals surface area contributed by atoms with Crippen molar-refractivity contribution in [3.05, 3.63) is 80.1 Å². The Hall–Kier alpha value is -3.09. The highest BCUT2D eigenvalue weighted by atomic mass is 35.5. The zero-order valence-corrected chi connectivity index (χ0v) is 18.4. The molecule has 3 rings (SSSR count). The first kappa shape index (κ1) is 22.6. The van der Waals surface area contributed by atoms with E-state index in [2.05, 4.69) is 11.9 Å². The molecule has 3 aromatic rings. The second kappa shape index (κ2) is 9.37. The summed E-state index contributed by atoms with van der Waals surface area (Å²) in [4.78, 5) is 36.1. The van der Waals surface area contributed by atoms with E-state index in [0.29, 0.717) is 23.3 Å². The third kappa shape index (κ3) is 4.98. The van der Waals surface area contributed by atoms with Gasteiger partial charge in [0.25, 0.3) is 5.91 Å². The summed E-state index contributed by atoms with van der Waals surface area (Å²) in [7, 11) is 0. The molecule has 0 bridgehead atoms. The molecule has 0 aliphatic heterocycles. The Labute approximate surface area is 188 Å². The summed E-state index contributed by atoms with van der Waals surface area (Å²) in [5.41, 5.74) is 1.76. The number of benzene rings is 2. The van der Waals surface area contributed by atoms with E-state index in [4.69, 9.17) is 32.4 Å². The van der Waals surface area contributed by atoms with E-state index in [0.717, 1.165) is 10.9 Å². The van der Waals surface area contributed by atoms with Crippen molar-refractivity contribution in [3.8, 4) is 5.75 Å². The zero-order valence-electron chi connectivity index (χ0n) is 16.9. The molecular formula is C23H19Cl2NO5. The van der Waals surface area contributed by atoms with Crippen molar-refractivity contribution in [1.82, 2.24) is 0 Å². The molecule has 0 saturated heterocycles. The van der Waals surface area contributed by atoms with Crippen LogP contribution in [0.5, 0.6) is 5.75 Å². The molecule has 1 N–H and O–H groups in total. The summed E-state index contributed by atoms with van der Waals surface area (Å²) in [5.74, 6) is -0.585. The maximum absolute atomic E-state index is 12.3. The lowest BCUT2D eigenvalue weighted by atomic mass is 10.0. The Morgan fingerprint density at radius 2 is 1.87 bits per heavy atom. The Bertz CT molecular complexity index is 1260. The molecule has 0 unspecified atom stereocenters. The van der Waals surface area contributed by atoms with Crippen LogP contribution >= 0.6 is 23.2 Å². The number of fused-ring (bicyclic) bond motifs is 1. The number of carbonyl (C=O) groups excluding carboxylic acids is 2. The highest BCUT2D eigenvalue weighted by Gasteiger charge is 2.18. The lowest BCUT2D eigenvalue weighted by Crippen LogP contribution is -2.20. The minimum Gasteiger partial charge on any atom is -0.482 e. The predicted molar refractivity (Wildman–Crippen MR) is 122 cm³/mol. The standard InChI is InChI=1S/C23H19Cl2NO5/c1-4-12(2)23(29)16-7-8-17(22(25)21(16)24)30-11-19(27)26-14-5-6-15-13(3)9-20(28)31-18(15)10-14/h5-10H,2,4,11H2,1,3H3,(H,26,27). The summed E-state index contributed by atoms with van der Waals surface area (Å²) < 4.78 is 10.6. The van der Waals surface area contributed by atoms with Crippen LogP contribution in [0.2, 0.25) is 10.0 Å². The van der Waals surface area contributed by atoms with Crippen LogP contribution in [-0.2, 0) is 4.79 Å². The molecule has 0 saturated carbocycles. The van der Waals surface area contributed by atoms with Crippen molar-refractivity contribution >= 4 is 51.5 Å². The lowest BCUT2D eigenvalue weighted by Gasteiger charge is -2.12. The van der Waals surface area contributed by atoms with E-state index in [9.17, 15) is 14.4 Å². The number of allylic oxidation sites excluding steroid dienone is 1. The van der Waals surface area contributed by atoms with E-state index in [1.807, 2.05) is 6.92 Å². The van der Waals surface area contributed by atoms with Gasteiger partial charge in [0.05, 0.1) is 5.02 Å². The van der Waals surface area contributed by atoms with Gasteiger partial charge in [0, 0.05) is 28.8 Å². The van der Waals surface area contributed by atoms with Crippen molar-refractivity contribution in [2.45, 2.75) is 20.3 Å². The van der Waals surface area contributed by atoms with E-state index in [1.54, 1.807) is 25.1 Å². The normalized spacial score (nSPS) is 10.7. The third-order valence-corrected chi connectivity index (χ3v) is 5.50. The Balaban J connectivity index is 1.70. The van der Waals surface area contributed by atoms with Crippen LogP contribution < -0.4 is 15.7 Å². The fraction of sp³-hybridized carbons (Fsp3) is 0.174. The number of carbonyl (C=O) groups is 2. The van der Waals surface area contributed by atoms with Gasteiger partial charge in [-0.3, -0.25) is 9.59 Å². The number of halogens is 2. The minimum atomic E-state index is -0.465. The van der Waals surface area contributed by atoms with E-state index in [-0.39, 0.29) is 33.7 Å². The van der Waals surface area contributed by atoms with Gasteiger partial charge in [0.2, 0.25) is 0 Å². The maximum atomic E-state index is 12.3. The number of aryl methyl sites for hydroxylation is 1. The van der Waals surface area contributed by atoms with Gasteiger partial charge in [-0.2, -0.15) is 0 Å². The molecular weight excluding hydrogens is 441 g/mol. The van der Waals surface area contributed by atoms with Gasteiger partial charge in [-0.25, -0.2) is 4.79 Å². The van der Waals surface area contributed by atoms with Crippen LogP contribution in [0.1, 0.15) is 29.3 Å². The number of amides is 1. The molecule has 0 radical (unpaired) electrons. The molecule has 2 aromatic carbocycles. The summed E-state index contributed by atoms with van der Waals surface area (Å²) in [5, 5.41) is 3.51. The molecule has 1 heterocycles. The van der Waals surface area contributed by atoms with Crippen LogP contribution in [0, 0.1) is 6.92 Å². The van der Waals surface area contributed by atoms with Crippen LogP contribution in [0.25, 0.3) is 11.0 Å². The minimum absolute atomic E-state index is 0.0344. The summed E-state index contributed by atoms with van der Waals surface area (Å²) in [6, 6.07) is 9.37. The molecule has 6 nitrogen and oxygen atoms in total. The average molecular weight is 460 g/mol. The molecule has 0 aliphatic rings. The van der Waals surface area contributed by atoms with Crippen molar-refractivity contribution < 1.29 is 18.7 Å². The molecule has 8 heteroatoms. The van der Waals surface area contributed by atoms with Gasteiger partial charge < -0.3 is 14.5 Å². The van der Waals surface area contributed by atoms with Crippen LogP contribution in [0.4, 0.5) is 5.69 Å². The summed E-state index contributed by atoms with van der Waals surface area (Å²) >= 11 is 12.4. The fourth-order valence-corrected chi connectivity index (χ4v) is 3.37. The van der Waals surface area contributed by atoms with E-state index < -0.39 is 11.5 Å². The number of anilines is 1. The molecule has 31 heavy (non-hydrogen) atoms. The van der Waals surface area contributed by atoms with E-state index in [1.165, 1.54) is 18.2 Å². The highest BCUT2D eigenvalue weighted by molar-refractivity contribution is 6.45. The Kier molecular flexibility index (Phi) is 6.83. The van der Waals surface area contributed by atoms with Gasteiger partial charge >= 0.3 is 5.63 Å². The largest absolute Gasteiger partial charge is 0.482 e. The SMILES string of the molecule is C=C(CC)C(=O)c1ccc(OCC(=O)Nc2ccc3c(C)cc(=O)oc3c2)c(Cl)c1Cl. The van der Waals surface area contributed by atoms with Gasteiger partial charge in [0.15, 0.2) is 12.4 Å². The number of nitrogens with one attached hydrogen (secondary N) is 1. The number of ether oxygens (including phenoxy) is 1. The lowest BCUT2D eigenvalue weighted by molar-refractivity contribution is -0.118. The first-order chi connectivity index (χ1) is 14.7. The molecule has 0 spiro atoms. The van der Waals surface area contributed by atoms with Gasteiger partial charge in [-0.15, -0.1) is 0 Å². The predicted octanol–water partition coefficient (Wildman–Crippen LogP) is 5.57. The number of hydrogen-bond acceptors (Lipinski definition) is 5. The molecule has 0 fully saturated rings. The smallest absolute Gasteiger partial charge is 0.336 e. The average Bonchev–Trinajstić information content (AvgIpc) is 2.73. The molecule has 160 valence electrons. The van der Waals surface area contributed by atoms with Gasteiger partial charge in [0.1, 0.15) is 16.4 Å². The van der Waals surface area contributed by atoms with Crippen molar-refractivity contribution in [3.63, 3.8) is 0 Å². The Morgan fingerprint density at radius 3 is 2.58 bits per heavy atom. The highest BCUT2D eigenvalue weighted by Crippen LogP contribution is 2.35. The number of hydrogen-bond donors (Lipinski definition) is 1. The second-order valence-corrected chi connectivity index (χ2v) is 7.58. The zero-order chi connectivity index (χ0) is 22.7. The van der Waals surface area contributed by atoms with Crippen LogP contribution in [0.3, 0.4) is 0 Å². The number of Topliss-reactive ketones (excluding diaryl/α,β-unsaturated/α-hetero) is 1. The quantitative estimate of drug-likeness (QED) is 0.283. The monoisotopic (exact) mass is 459 g/mol. The molecule has 1 aromatic heterocycles. The second-order valence-electron chi connectivity index (χ2n) is 6.82. The number of rotatable bonds is 7. The summed E-state index contributed by atoms with van der Waals surface area (Å²) in [6.45, 7) is 6.98. The van der Waals surface area contributed by atoms with Crippen LogP contribution in [0.15, 0.2) is 57.8 Å². The fourth-order valence-electron chi connectivity index (χ4n) is 2.91. The van der Waals surface area contributed by atoms with Gasteiger partial charge in [-0.05, 0) is 48.7 Å². The number of ketones is 1. The maximum Gasteiger partial charge on any atom is 0.336 e. The van der Waals surface area contributed by atoms with Crippen molar-refractivity contribution in [2.24, 2.45) is 0 Å². The van der Waals surface area contributed by atoms with Gasteiger partial charge in [-0.1, -0.05) is 36.7 Å². The summed E-state index contributed by atoms with van der Waals surface area (Å²) in [6.07, 6.45) is 0.489. The third-order valence-electron chi connectivity index (χ3n) is 4.63. The first-order valence-corrected chi connectivity index (χ1v) is 10.1. The topological polar surface area (TPSA) is 85.6 Å². The molecule has 0 aliphatic carbocycles.